The van der Waals surface area contributed by atoms with Crippen molar-refractivity contribution >= 4 is 17.7 Å². The topological polar surface area (TPSA) is 73.7 Å². The van der Waals surface area contributed by atoms with Gasteiger partial charge in [-0.1, -0.05) is 12.8 Å². The molecule has 0 unspecified atom stereocenters. The molecule has 1 aliphatic heterocycles. The molecule has 1 N–H and O–H groups in total. The van der Waals surface area contributed by atoms with Gasteiger partial charge in [-0.3, -0.25) is 4.79 Å². The van der Waals surface area contributed by atoms with E-state index in [4.69, 9.17) is 0 Å². The van der Waals surface area contributed by atoms with Crippen molar-refractivity contribution in [3.8, 4) is 0 Å². The number of fused-ring (bicyclic) bond motifs is 1. The summed E-state index contributed by atoms with van der Waals surface area (Å²) < 4.78 is 0. The zero-order chi connectivity index (χ0) is 16.6. The Morgan fingerprint density at radius 2 is 2.00 bits per heavy atom. The average Bonchev–Trinajstić information content (AvgIpc) is 2.94. The Kier molecular flexibility index (Phi) is 4.24. The summed E-state index contributed by atoms with van der Waals surface area (Å²) in [5.74, 6) is -0.00802. The summed E-state index contributed by atoms with van der Waals surface area (Å²) in [7, 11) is 3.77. The van der Waals surface area contributed by atoms with E-state index in [0.29, 0.717) is 17.9 Å². The standard InChI is InChI=1S/C17H23N3O3/c1-19(2)15-8-7-12(10-18-15)16(21)20-13-6-4-3-5-11(13)9-14(20)17(22)23/h7-8,10-11,13-14H,3-6,9H2,1-2H3,(H,22,23)/t11-,13-,14-/m0/s1. The van der Waals surface area contributed by atoms with Crippen molar-refractivity contribution in [1.82, 2.24) is 9.88 Å². The number of carbonyl (C=O) groups excluding carboxylic acids is 1. The van der Waals surface area contributed by atoms with Crippen LogP contribution in [0.15, 0.2) is 18.3 Å². The summed E-state index contributed by atoms with van der Waals surface area (Å²) in [4.78, 5) is 32.3. The minimum Gasteiger partial charge on any atom is -0.480 e. The highest BCUT2D eigenvalue weighted by Gasteiger charge is 2.47. The van der Waals surface area contributed by atoms with Gasteiger partial charge in [0.1, 0.15) is 11.9 Å². The molecule has 1 aromatic heterocycles. The lowest BCUT2D eigenvalue weighted by Crippen LogP contribution is -2.46. The van der Waals surface area contributed by atoms with Crippen LogP contribution in [-0.4, -0.2) is 53.0 Å². The Bertz CT molecular complexity index is 600. The molecule has 2 heterocycles. The first kappa shape index (κ1) is 15.8. The van der Waals surface area contributed by atoms with Crippen LogP contribution in [0.1, 0.15) is 42.5 Å². The third-order valence-corrected chi connectivity index (χ3v) is 5.06. The molecule has 2 aliphatic rings. The number of anilines is 1. The van der Waals surface area contributed by atoms with Crippen molar-refractivity contribution in [2.75, 3.05) is 19.0 Å². The SMILES string of the molecule is CN(C)c1ccc(C(=O)N2[C@H](C(=O)O)C[C@@H]3CCCC[C@@H]32)cn1. The van der Waals surface area contributed by atoms with E-state index in [9.17, 15) is 14.7 Å². The number of nitrogens with zero attached hydrogens (tertiary/aromatic N) is 3. The fourth-order valence-corrected chi connectivity index (χ4v) is 3.90. The molecule has 0 radical (unpaired) electrons. The highest BCUT2D eigenvalue weighted by atomic mass is 16.4. The van der Waals surface area contributed by atoms with Crippen LogP contribution in [0.25, 0.3) is 0 Å². The van der Waals surface area contributed by atoms with Crippen molar-refractivity contribution in [2.45, 2.75) is 44.2 Å². The highest BCUT2D eigenvalue weighted by Crippen LogP contribution is 2.40. The van der Waals surface area contributed by atoms with E-state index in [-0.39, 0.29) is 11.9 Å². The molecule has 124 valence electrons. The van der Waals surface area contributed by atoms with Gasteiger partial charge in [-0.25, -0.2) is 9.78 Å². The van der Waals surface area contributed by atoms with E-state index in [2.05, 4.69) is 4.98 Å². The van der Waals surface area contributed by atoms with E-state index < -0.39 is 12.0 Å². The van der Waals surface area contributed by atoms with Gasteiger partial charge in [0.05, 0.1) is 5.56 Å². The smallest absolute Gasteiger partial charge is 0.326 e. The van der Waals surface area contributed by atoms with Crippen LogP contribution >= 0.6 is 0 Å². The number of carboxylic acid groups (broad SMARTS) is 1. The van der Waals surface area contributed by atoms with Crippen LogP contribution in [-0.2, 0) is 4.79 Å². The molecule has 1 amide bonds. The molecule has 1 aromatic rings. The zero-order valence-corrected chi connectivity index (χ0v) is 13.6. The van der Waals surface area contributed by atoms with E-state index in [1.54, 1.807) is 23.2 Å². The summed E-state index contributed by atoms with van der Waals surface area (Å²) in [5, 5.41) is 9.53. The molecule has 1 aliphatic carbocycles. The summed E-state index contributed by atoms with van der Waals surface area (Å²) >= 11 is 0. The van der Waals surface area contributed by atoms with Crippen LogP contribution in [0, 0.1) is 5.92 Å². The first-order valence-corrected chi connectivity index (χ1v) is 8.18. The first-order valence-electron chi connectivity index (χ1n) is 8.18. The molecule has 2 fully saturated rings. The summed E-state index contributed by atoms with van der Waals surface area (Å²) in [6.07, 6.45) is 6.25. The summed E-state index contributed by atoms with van der Waals surface area (Å²) in [5.41, 5.74) is 0.466. The molecule has 3 rings (SSSR count). The second-order valence-electron chi connectivity index (χ2n) is 6.71. The molecule has 0 bridgehead atoms. The van der Waals surface area contributed by atoms with Crippen molar-refractivity contribution < 1.29 is 14.7 Å². The normalized spacial score (nSPS) is 26.7. The molecule has 1 saturated carbocycles. The zero-order valence-electron chi connectivity index (χ0n) is 13.6. The monoisotopic (exact) mass is 317 g/mol. The molecular weight excluding hydrogens is 294 g/mol. The van der Waals surface area contributed by atoms with Crippen molar-refractivity contribution in [3.63, 3.8) is 0 Å². The second kappa shape index (κ2) is 6.18. The van der Waals surface area contributed by atoms with Crippen molar-refractivity contribution in [1.29, 1.82) is 0 Å². The predicted octanol–water partition coefficient (Wildman–Crippen LogP) is 2.01. The highest BCUT2D eigenvalue weighted by molar-refractivity contribution is 5.97. The van der Waals surface area contributed by atoms with Crippen molar-refractivity contribution in [2.24, 2.45) is 5.92 Å². The molecule has 6 nitrogen and oxygen atoms in total. The number of rotatable bonds is 3. The maximum absolute atomic E-state index is 12.9. The Morgan fingerprint density at radius 3 is 2.61 bits per heavy atom. The molecule has 0 aromatic carbocycles. The van der Waals surface area contributed by atoms with Gasteiger partial charge in [-0.2, -0.15) is 0 Å². The van der Waals surface area contributed by atoms with Gasteiger partial charge in [0.2, 0.25) is 0 Å². The maximum Gasteiger partial charge on any atom is 0.326 e. The third-order valence-electron chi connectivity index (χ3n) is 5.06. The quantitative estimate of drug-likeness (QED) is 0.923. The Hall–Kier alpha value is -2.11. The number of hydrogen-bond donors (Lipinski definition) is 1. The number of carboxylic acids is 1. The van der Waals surface area contributed by atoms with Crippen LogP contribution in [0.2, 0.25) is 0 Å². The Morgan fingerprint density at radius 1 is 1.26 bits per heavy atom. The number of aromatic nitrogens is 1. The number of aliphatic carboxylic acids is 1. The number of likely N-dealkylation sites (tertiary alicyclic amines) is 1. The number of hydrogen-bond acceptors (Lipinski definition) is 4. The van der Waals surface area contributed by atoms with Gasteiger partial charge in [0.25, 0.3) is 5.91 Å². The largest absolute Gasteiger partial charge is 0.480 e. The molecule has 3 atom stereocenters. The van der Waals surface area contributed by atoms with Gasteiger partial charge in [-0.05, 0) is 37.3 Å². The molecule has 1 saturated heterocycles. The molecule has 23 heavy (non-hydrogen) atoms. The minimum absolute atomic E-state index is 0.0610. The van der Waals surface area contributed by atoms with E-state index in [0.717, 1.165) is 31.5 Å². The third kappa shape index (κ3) is 2.90. The Labute approximate surface area is 136 Å². The fourth-order valence-electron chi connectivity index (χ4n) is 3.90. The number of pyridine rings is 1. The predicted molar refractivity (Wildman–Crippen MR) is 86.5 cm³/mol. The van der Waals surface area contributed by atoms with Gasteiger partial charge >= 0.3 is 5.97 Å². The van der Waals surface area contributed by atoms with Crippen molar-refractivity contribution in [3.05, 3.63) is 23.9 Å². The lowest BCUT2D eigenvalue weighted by Gasteiger charge is -2.33. The van der Waals surface area contributed by atoms with Crippen LogP contribution in [0.5, 0.6) is 0 Å². The van der Waals surface area contributed by atoms with Gasteiger partial charge in [0.15, 0.2) is 0 Å². The molecule has 0 spiro atoms. The van der Waals surface area contributed by atoms with Gasteiger partial charge in [0, 0.05) is 26.3 Å². The molecule has 6 heteroatoms. The number of amides is 1. The second-order valence-corrected chi connectivity index (χ2v) is 6.71. The lowest BCUT2D eigenvalue weighted by atomic mass is 9.84. The van der Waals surface area contributed by atoms with Crippen LogP contribution in [0.3, 0.4) is 0 Å². The van der Waals surface area contributed by atoms with E-state index >= 15 is 0 Å². The fraction of sp³-hybridized carbons (Fsp3) is 0.588. The van der Waals surface area contributed by atoms with E-state index in [1.807, 2.05) is 19.0 Å². The van der Waals surface area contributed by atoms with E-state index in [1.165, 1.54) is 0 Å². The summed E-state index contributed by atoms with van der Waals surface area (Å²) in [6.45, 7) is 0. The van der Waals surface area contributed by atoms with Crippen LogP contribution < -0.4 is 4.90 Å². The average molecular weight is 317 g/mol. The molecular formula is C17H23N3O3. The van der Waals surface area contributed by atoms with Crippen LogP contribution in [0.4, 0.5) is 5.82 Å². The first-order chi connectivity index (χ1) is 11.0. The minimum atomic E-state index is -0.898. The van der Waals surface area contributed by atoms with Gasteiger partial charge < -0.3 is 14.9 Å². The maximum atomic E-state index is 12.9. The summed E-state index contributed by atoms with van der Waals surface area (Å²) in [6, 6.07) is 2.88. The lowest BCUT2D eigenvalue weighted by molar-refractivity contribution is -0.141. The van der Waals surface area contributed by atoms with Gasteiger partial charge in [-0.15, -0.1) is 0 Å². The number of carbonyl (C=O) groups is 2. The Balaban J connectivity index is 1.87.